The average molecular weight is 306 g/mol. The highest BCUT2D eigenvalue weighted by molar-refractivity contribution is 5.50. The SMILES string of the molecule is O=c1[nH]/c(=C/c2ccc(O)cc2)c(=O)[nH]/c1=C\c1ccccc1. The van der Waals surface area contributed by atoms with Crippen molar-refractivity contribution < 1.29 is 5.11 Å². The number of hydrogen-bond acceptors (Lipinski definition) is 3. The summed E-state index contributed by atoms with van der Waals surface area (Å²) in [5.74, 6) is 0.136. The van der Waals surface area contributed by atoms with Gasteiger partial charge < -0.3 is 15.1 Å². The third-order valence-corrected chi connectivity index (χ3v) is 3.30. The fourth-order valence-corrected chi connectivity index (χ4v) is 2.15. The van der Waals surface area contributed by atoms with E-state index in [0.29, 0.717) is 5.56 Å². The molecule has 0 saturated heterocycles. The molecule has 0 saturated carbocycles. The zero-order valence-electron chi connectivity index (χ0n) is 12.1. The van der Waals surface area contributed by atoms with Crippen LogP contribution in [0.5, 0.6) is 5.75 Å². The van der Waals surface area contributed by atoms with Gasteiger partial charge in [-0.15, -0.1) is 0 Å². The third-order valence-electron chi connectivity index (χ3n) is 3.30. The minimum absolute atomic E-state index is 0.136. The normalized spacial score (nSPS) is 12.5. The van der Waals surface area contributed by atoms with Crippen LogP contribution in [0, 0.1) is 0 Å². The van der Waals surface area contributed by atoms with Gasteiger partial charge in [0.15, 0.2) is 0 Å². The Bertz CT molecular complexity index is 1050. The van der Waals surface area contributed by atoms with Crippen LogP contribution in [0.4, 0.5) is 0 Å². The van der Waals surface area contributed by atoms with Crippen LogP contribution in [0.15, 0.2) is 64.2 Å². The molecule has 0 aliphatic heterocycles. The van der Waals surface area contributed by atoms with Crippen LogP contribution in [0.2, 0.25) is 0 Å². The van der Waals surface area contributed by atoms with E-state index in [1.165, 1.54) is 12.1 Å². The van der Waals surface area contributed by atoms with Crippen molar-refractivity contribution in [1.82, 2.24) is 9.97 Å². The summed E-state index contributed by atoms with van der Waals surface area (Å²) in [5, 5.41) is 9.61. The molecule has 1 aromatic heterocycles. The van der Waals surface area contributed by atoms with Crippen molar-refractivity contribution in [3.8, 4) is 5.75 Å². The topological polar surface area (TPSA) is 85.9 Å². The average Bonchev–Trinajstić information content (AvgIpc) is 2.55. The van der Waals surface area contributed by atoms with Gasteiger partial charge in [0.05, 0.1) is 0 Å². The number of aromatic hydroxyl groups is 1. The first-order chi connectivity index (χ1) is 11.1. The van der Waals surface area contributed by atoms with Gasteiger partial charge in [0.25, 0.3) is 11.1 Å². The van der Waals surface area contributed by atoms with Gasteiger partial charge in [-0.1, -0.05) is 42.5 Å². The van der Waals surface area contributed by atoms with E-state index in [1.807, 2.05) is 30.3 Å². The lowest BCUT2D eigenvalue weighted by Gasteiger charge is -1.95. The molecule has 0 spiro atoms. The Kier molecular flexibility index (Phi) is 3.93. The highest BCUT2D eigenvalue weighted by atomic mass is 16.3. The molecule has 5 heteroatoms. The Balaban J connectivity index is 2.12. The largest absolute Gasteiger partial charge is 0.508 e. The number of phenols is 1. The second-order valence-corrected chi connectivity index (χ2v) is 5.03. The lowest BCUT2D eigenvalue weighted by atomic mass is 10.2. The molecule has 1 heterocycles. The van der Waals surface area contributed by atoms with Gasteiger partial charge in [-0.3, -0.25) is 9.59 Å². The summed E-state index contributed by atoms with van der Waals surface area (Å²) < 4.78 is 0. The van der Waals surface area contributed by atoms with E-state index in [0.717, 1.165) is 5.56 Å². The summed E-state index contributed by atoms with van der Waals surface area (Å²) in [6, 6.07) is 15.6. The molecule has 2 aromatic carbocycles. The van der Waals surface area contributed by atoms with Gasteiger partial charge in [0, 0.05) is 0 Å². The fourth-order valence-electron chi connectivity index (χ4n) is 2.15. The van der Waals surface area contributed by atoms with Crippen LogP contribution >= 0.6 is 0 Å². The van der Waals surface area contributed by atoms with Crippen molar-refractivity contribution >= 4 is 12.2 Å². The van der Waals surface area contributed by atoms with Crippen molar-refractivity contribution in [2.24, 2.45) is 0 Å². The maximum atomic E-state index is 12.1. The quantitative estimate of drug-likeness (QED) is 0.641. The van der Waals surface area contributed by atoms with E-state index in [9.17, 15) is 14.7 Å². The summed E-state index contributed by atoms with van der Waals surface area (Å²) in [6.45, 7) is 0. The van der Waals surface area contributed by atoms with Crippen molar-refractivity contribution in [1.29, 1.82) is 0 Å². The Morgan fingerprint density at radius 1 is 0.696 bits per heavy atom. The molecule has 3 rings (SSSR count). The number of benzene rings is 2. The van der Waals surface area contributed by atoms with Gasteiger partial charge in [-0.05, 0) is 35.4 Å². The zero-order chi connectivity index (χ0) is 16.2. The van der Waals surface area contributed by atoms with Crippen LogP contribution in [-0.4, -0.2) is 15.1 Å². The number of aromatic nitrogens is 2. The molecule has 0 fully saturated rings. The van der Waals surface area contributed by atoms with E-state index in [4.69, 9.17) is 0 Å². The van der Waals surface area contributed by atoms with Crippen LogP contribution < -0.4 is 21.8 Å². The van der Waals surface area contributed by atoms with E-state index >= 15 is 0 Å². The maximum Gasteiger partial charge on any atom is 0.272 e. The monoisotopic (exact) mass is 306 g/mol. The minimum atomic E-state index is -0.389. The van der Waals surface area contributed by atoms with E-state index in [-0.39, 0.29) is 27.6 Å². The fraction of sp³-hybridized carbons (Fsp3) is 0. The Morgan fingerprint density at radius 2 is 1.17 bits per heavy atom. The highest BCUT2D eigenvalue weighted by Gasteiger charge is 1.97. The molecule has 114 valence electrons. The first-order valence-corrected chi connectivity index (χ1v) is 7.02. The summed E-state index contributed by atoms with van der Waals surface area (Å²) in [7, 11) is 0. The molecule has 0 radical (unpaired) electrons. The number of hydrogen-bond donors (Lipinski definition) is 3. The van der Waals surface area contributed by atoms with Gasteiger partial charge in [-0.2, -0.15) is 0 Å². The molecule has 5 nitrogen and oxygen atoms in total. The molecule has 0 amide bonds. The van der Waals surface area contributed by atoms with Crippen molar-refractivity contribution in [2.45, 2.75) is 0 Å². The molecule has 0 aliphatic carbocycles. The lowest BCUT2D eigenvalue weighted by Crippen LogP contribution is -2.46. The van der Waals surface area contributed by atoms with Gasteiger partial charge in [0.1, 0.15) is 16.4 Å². The molecule has 23 heavy (non-hydrogen) atoms. The molecule has 0 atom stereocenters. The van der Waals surface area contributed by atoms with E-state index < -0.39 is 0 Å². The summed E-state index contributed by atoms with van der Waals surface area (Å²) in [5.41, 5.74) is 0.756. The summed E-state index contributed by atoms with van der Waals surface area (Å²) in [6.07, 6.45) is 3.16. The molecule has 0 bridgehead atoms. The number of phenolic OH excluding ortho intramolecular Hbond substituents is 1. The van der Waals surface area contributed by atoms with Gasteiger partial charge >= 0.3 is 0 Å². The predicted octanol–water partition coefficient (Wildman–Crippen LogP) is 0.426. The smallest absolute Gasteiger partial charge is 0.272 e. The Morgan fingerprint density at radius 3 is 1.70 bits per heavy atom. The van der Waals surface area contributed by atoms with E-state index in [1.54, 1.807) is 24.3 Å². The van der Waals surface area contributed by atoms with Crippen molar-refractivity contribution in [2.75, 3.05) is 0 Å². The van der Waals surface area contributed by atoms with Crippen molar-refractivity contribution in [3.05, 3.63) is 97.1 Å². The predicted molar refractivity (Wildman–Crippen MR) is 88.6 cm³/mol. The number of H-pyrrole nitrogens is 2. The molecular formula is C18H14N2O3. The molecule has 3 aromatic rings. The third kappa shape index (κ3) is 3.47. The van der Waals surface area contributed by atoms with Gasteiger partial charge in [-0.25, -0.2) is 0 Å². The summed E-state index contributed by atoms with van der Waals surface area (Å²) in [4.78, 5) is 29.4. The molecule has 0 unspecified atom stereocenters. The van der Waals surface area contributed by atoms with Crippen LogP contribution in [0.3, 0.4) is 0 Å². The molecule has 0 aliphatic rings. The second-order valence-electron chi connectivity index (χ2n) is 5.03. The lowest BCUT2D eigenvalue weighted by molar-refractivity contribution is 0.475. The molecule has 3 N–H and O–H groups in total. The van der Waals surface area contributed by atoms with Crippen LogP contribution in [-0.2, 0) is 0 Å². The minimum Gasteiger partial charge on any atom is -0.508 e. The first kappa shape index (κ1) is 14.6. The van der Waals surface area contributed by atoms with Gasteiger partial charge in [0.2, 0.25) is 0 Å². The number of aromatic amines is 2. The number of nitrogens with one attached hydrogen (secondary N) is 2. The first-order valence-electron chi connectivity index (χ1n) is 7.02. The van der Waals surface area contributed by atoms with E-state index in [2.05, 4.69) is 9.97 Å². The molecular weight excluding hydrogens is 292 g/mol. The second kappa shape index (κ2) is 6.19. The Hall–Kier alpha value is -3.34. The Labute approximate surface area is 130 Å². The van der Waals surface area contributed by atoms with Crippen molar-refractivity contribution in [3.63, 3.8) is 0 Å². The summed E-state index contributed by atoms with van der Waals surface area (Å²) >= 11 is 0. The maximum absolute atomic E-state index is 12.1. The zero-order valence-corrected chi connectivity index (χ0v) is 12.1. The van der Waals surface area contributed by atoms with Crippen LogP contribution in [0.25, 0.3) is 12.2 Å². The number of rotatable bonds is 2. The standard InChI is InChI=1S/C18H14N2O3/c21-14-8-6-13(7-9-14)11-16-18(23)19-15(17(22)20-16)10-12-4-2-1-3-5-12/h1-11,21H,(H,19,23)(H,20,22)/b15-10-,16-11+. The highest BCUT2D eigenvalue weighted by Crippen LogP contribution is 2.09. The van der Waals surface area contributed by atoms with Crippen LogP contribution in [0.1, 0.15) is 11.1 Å².